The van der Waals surface area contributed by atoms with Crippen LogP contribution in [0.2, 0.25) is 0 Å². The van der Waals surface area contributed by atoms with Gasteiger partial charge in [-0.1, -0.05) is 6.07 Å². The highest BCUT2D eigenvalue weighted by Gasteiger charge is 2.35. The summed E-state index contributed by atoms with van der Waals surface area (Å²) in [5.74, 6) is -2.13. The van der Waals surface area contributed by atoms with E-state index >= 15 is 0 Å². The second-order valence-electron chi connectivity index (χ2n) is 6.33. The fourth-order valence-electron chi connectivity index (χ4n) is 2.79. The lowest BCUT2D eigenvalue weighted by Gasteiger charge is -2.22. The van der Waals surface area contributed by atoms with Crippen molar-refractivity contribution in [2.45, 2.75) is 24.7 Å². The van der Waals surface area contributed by atoms with E-state index in [-0.39, 0.29) is 11.8 Å². The van der Waals surface area contributed by atoms with E-state index in [2.05, 4.69) is 15.3 Å². The van der Waals surface area contributed by atoms with Crippen LogP contribution in [-0.4, -0.2) is 36.7 Å². The highest BCUT2D eigenvalue weighted by atomic mass is 19.4. The predicted octanol–water partition coefficient (Wildman–Crippen LogP) is 3.78. The van der Waals surface area contributed by atoms with Gasteiger partial charge in [0.2, 0.25) is 5.95 Å². The lowest BCUT2D eigenvalue weighted by Crippen LogP contribution is -2.26. The van der Waals surface area contributed by atoms with Gasteiger partial charge in [0, 0.05) is 26.8 Å². The number of benzene rings is 1. The molecule has 10 heteroatoms. The first-order chi connectivity index (χ1) is 12.6. The van der Waals surface area contributed by atoms with Crippen molar-refractivity contribution < 1.29 is 26.7 Å². The van der Waals surface area contributed by atoms with E-state index in [0.717, 1.165) is 18.2 Å². The summed E-state index contributed by atoms with van der Waals surface area (Å²) < 4.78 is 71.5. The smallest absolute Gasteiger partial charge is 0.371 e. The minimum absolute atomic E-state index is 0.0862. The number of aromatic nitrogens is 2. The SMILES string of the molecule is CN(C)c1cc(C(F)(F)F)nc(NC2CCOC2c2ccc(F)c(F)c2)n1. The molecule has 0 amide bonds. The van der Waals surface area contributed by atoms with E-state index in [0.29, 0.717) is 18.6 Å². The molecule has 0 bridgehead atoms. The van der Waals surface area contributed by atoms with Crippen molar-refractivity contribution >= 4 is 11.8 Å². The van der Waals surface area contributed by atoms with Crippen LogP contribution in [0.4, 0.5) is 33.7 Å². The zero-order chi connectivity index (χ0) is 19.8. The van der Waals surface area contributed by atoms with Crippen LogP contribution in [0.3, 0.4) is 0 Å². The monoisotopic (exact) mass is 388 g/mol. The number of anilines is 2. The van der Waals surface area contributed by atoms with Gasteiger partial charge in [-0.05, 0) is 24.1 Å². The van der Waals surface area contributed by atoms with Gasteiger partial charge in [0.1, 0.15) is 11.9 Å². The standard InChI is InChI=1S/C17H17F5N4O/c1-26(2)14-8-13(17(20,21)22)24-16(25-14)23-12-5-6-27-15(12)9-3-4-10(18)11(19)7-9/h3-4,7-8,12,15H,5-6H2,1-2H3,(H,23,24,25). The summed E-state index contributed by atoms with van der Waals surface area (Å²) in [5.41, 5.74) is -0.698. The molecule has 1 aliphatic heterocycles. The molecule has 2 heterocycles. The largest absolute Gasteiger partial charge is 0.433 e. The van der Waals surface area contributed by atoms with Crippen LogP contribution >= 0.6 is 0 Å². The number of alkyl halides is 3. The number of rotatable bonds is 4. The molecule has 2 aromatic rings. The van der Waals surface area contributed by atoms with Gasteiger partial charge < -0.3 is 15.0 Å². The van der Waals surface area contributed by atoms with Gasteiger partial charge in [-0.25, -0.2) is 13.8 Å². The maximum absolute atomic E-state index is 13.5. The average molecular weight is 388 g/mol. The molecule has 1 saturated heterocycles. The molecule has 3 rings (SSSR count). The third-order valence-corrected chi connectivity index (χ3v) is 4.14. The summed E-state index contributed by atoms with van der Waals surface area (Å²) in [7, 11) is 3.13. The van der Waals surface area contributed by atoms with Crippen LogP contribution < -0.4 is 10.2 Å². The van der Waals surface area contributed by atoms with Gasteiger partial charge in [0.05, 0.1) is 6.04 Å². The van der Waals surface area contributed by atoms with Crippen LogP contribution in [0.1, 0.15) is 23.8 Å². The van der Waals surface area contributed by atoms with Crippen LogP contribution in [0.5, 0.6) is 0 Å². The molecule has 5 nitrogen and oxygen atoms in total. The van der Waals surface area contributed by atoms with E-state index in [1.54, 1.807) is 14.1 Å². The minimum Gasteiger partial charge on any atom is -0.371 e. The molecule has 1 fully saturated rings. The molecule has 27 heavy (non-hydrogen) atoms. The average Bonchev–Trinajstić information content (AvgIpc) is 3.04. The number of halogens is 5. The molecule has 1 aromatic heterocycles. The Kier molecular flexibility index (Phi) is 5.18. The van der Waals surface area contributed by atoms with Crippen LogP contribution in [-0.2, 0) is 10.9 Å². The third-order valence-electron chi connectivity index (χ3n) is 4.14. The van der Waals surface area contributed by atoms with E-state index in [9.17, 15) is 22.0 Å². The molecule has 2 unspecified atom stereocenters. The van der Waals surface area contributed by atoms with Crippen LogP contribution in [0.25, 0.3) is 0 Å². The Morgan fingerprint density at radius 1 is 1.11 bits per heavy atom. The Balaban J connectivity index is 1.89. The quantitative estimate of drug-likeness (QED) is 0.808. The van der Waals surface area contributed by atoms with Gasteiger partial charge in [-0.2, -0.15) is 18.2 Å². The number of nitrogens with zero attached hydrogens (tertiary/aromatic N) is 3. The van der Waals surface area contributed by atoms with Crippen molar-refractivity contribution in [1.82, 2.24) is 9.97 Å². The molecule has 0 aliphatic carbocycles. The van der Waals surface area contributed by atoms with Crippen molar-refractivity contribution in [2.24, 2.45) is 0 Å². The topological polar surface area (TPSA) is 50.3 Å². The molecule has 1 aliphatic rings. The summed E-state index contributed by atoms with van der Waals surface area (Å²) in [6, 6.07) is 3.73. The van der Waals surface area contributed by atoms with Crippen molar-refractivity contribution in [3.63, 3.8) is 0 Å². The first-order valence-corrected chi connectivity index (χ1v) is 8.12. The molecular weight excluding hydrogens is 371 g/mol. The fraction of sp³-hybridized carbons (Fsp3) is 0.412. The number of hydrogen-bond donors (Lipinski definition) is 1. The fourth-order valence-corrected chi connectivity index (χ4v) is 2.79. The molecule has 2 atom stereocenters. The van der Waals surface area contributed by atoms with E-state index in [1.807, 2.05) is 0 Å². The van der Waals surface area contributed by atoms with Gasteiger partial charge in [-0.3, -0.25) is 0 Å². The summed E-state index contributed by atoms with van der Waals surface area (Å²) >= 11 is 0. The van der Waals surface area contributed by atoms with Gasteiger partial charge in [-0.15, -0.1) is 0 Å². The summed E-state index contributed by atoms with van der Waals surface area (Å²) in [5, 5.41) is 2.84. The van der Waals surface area contributed by atoms with Crippen molar-refractivity contribution in [3.05, 3.63) is 47.2 Å². The second kappa shape index (κ2) is 7.26. The van der Waals surface area contributed by atoms with Gasteiger partial charge >= 0.3 is 6.18 Å². The molecule has 0 spiro atoms. The zero-order valence-electron chi connectivity index (χ0n) is 14.5. The van der Waals surface area contributed by atoms with Crippen molar-refractivity contribution in [2.75, 3.05) is 30.9 Å². The van der Waals surface area contributed by atoms with E-state index < -0.39 is 35.7 Å². The highest BCUT2D eigenvalue weighted by Crippen LogP contribution is 2.34. The van der Waals surface area contributed by atoms with Crippen LogP contribution in [0, 0.1) is 11.6 Å². The van der Waals surface area contributed by atoms with Crippen LogP contribution in [0.15, 0.2) is 24.3 Å². The molecule has 1 N–H and O–H groups in total. The molecular formula is C17H17F5N4O. The first-order valence-electron chi connectivity index (χ1n) is 8.12. The number of hydrogen-bond acceptors (Lipinski definition) is 5. The lowest BCUT2D eigenvalue weighted by atomic mass is 10.0. The molecule has 0 radical (unpaired) electrons. The molecule has 1 aromatic carbocycles. The lowest BCUT2D eigenvalue weighted by molar-refractivity contribution is -0.141. The second-order valence-corrected chi connectivity index (χ2v) is 6.33. The maximum Gasteiger partial charge on any atom is 0.433 e. The van der Waals surface area contributed by atoms with Gasteiger partial charge in [0.15, 0.2) is 17.3 Å². The molecule has 146 valence electrons. The third kappa shape index (κ3) is 4.26. The summed E-state index contributed by atoms with van der Waals surface area (Å²) in [6.07, 6.45) is -4.85. The Morgan fingerprint density at radius 2 is 1.85 bits per heavy atom. The minimum atomic E-state index is -4.63. The van der Waals surface area contributed by atoms with E-state index in [1.165, 1.54) is 11.0 Å². The van der Waals surface area contributed by atoms with Crippen molar-refractivity contribution in [3.8, 4) is 0 Å². The summed E-state index contributed by atoms with van der Waals surface area (Å²) in [6.45, 7) is 0.306. The van der Waals surface area contributed by atoms with Gasteiger partial charge in [0.25, 0.3) is 0 Å². The Labute approximate surface area is 152 Å². The number of ether oxygens (including phenoxy) is 1. The van der Waals surface area contributed by atoms with E-state index in [4.69, 9.17) is 4.74 Å². The summed E-state index contributed by atoms with van der Waals surface area (Å²) in [4.78, 5) is 9.06. The molecule has 0 saturated carbocycles. The van der Waals surface area contributed by atoms with Crippen molar-refractivity contribution in [1.29, 1.82) is 0 Å². The maximum atomic E-state index is 13.5. The predicted molar refractivity (Wildman–Crippen MR) is 88.4 cm³/mol. The Bertz CT molecular complexity index is 827. The zero-order valence-corrected chi connectivity index (χ0v) is 14.5. The first kappa shape index (κ1) is 19.3. The Morgan fingerprint density at radius 3 is 2.48 bits per heavy atom. The Hall–Kier alpha value is -2.49. The number of nitrogens with one attached hydrogen (secondary N) is 1. The highest BCUT2D eigenvalue weighted by molar-refractivity contribution is 5.45. The normalized spacial score (nSPS) is 20.0.